The summed E-state index contributed by atoms with van der Waals surface area (Å²) in [5.74, 6) is 0.0145. The highest BCUT2D eigenvalue weighted by molar-refractivity contribution is 5.66. The SMILES string of the molecule is CCCCCCCCc1ccc(OCCOCCOCCOCCOCCOCCC(=O)O)cc1. The second-order valence-electron chi connectivity index (χ2n) is 8.22. The predicted octanol–water partition coefficient (Wildman–Crippen LogP) is 4.53. The van der Waals surface area contributed by atoms with Crippen LogP contribution >= 0.6 is 0 Å². The highest BCUT2D eigenvalue weighted by Crippen LogP contribution is 2.15. The van der Waals surface area contributed by atoms with Gasteiger partial charge in [-0.3, -0.25) is 4.79 Å². The molecular formula is C27H46O8. The van der Waals surface area contributed by atoms with Crippen molar-refractivity contribution in [3.63, 3.8) is 0 Å². The summed E-state index contributed by atoms with van der Waals surface area (Å²) in [7, 11) is 0. The van der Waals surface area contributed by atoms with Crippen molar-refractivity contribution in [1.82, 2.24) is 0 Å². The first kappa shape index (κ1) is 31.3. The lowest BCUT2D eigenvalue weighted by atomic mass is 10.0. The lowest BCUT2D eigenvalue weighted by Gasteiger charge is -2.09. The Hall–Kier alpha value is -1.71. The molecule has 1 aromatic carbocycles. The molecule has 8 nitrogen and oxygen atoms in total. The summed E-state index contributed by atoms with van der Waals surface area (Å²) in [6.07, 6.45) is 9.09. The number of hydrogen-bond donors (Lipinski definition) is 1. The smallest absolute Gasteiger partial charge is 0.305 e. The van der Waals surface area contributed by atoms with Crippen molar-refractivity contribution < 1.29 is 38.3 Å². The monoisotopic (exact) mass is 498 g/mol. The lowest BCUT2D eigenvalue weighted by molar-refractivity contribution is -0.138. The molecule has 0 aromatic heterocycles. The molecule has 0 fully saturated rings. The van der Waals surface area contributed by atoms with E-state index in [1.165, 1.54) is 44.1 Å². The van der Waals surface area contributed by atoms with E-state index in [1.54, 1.807) is 0 Å². The van der Waals surface area contributed by atoms with Crippen molar-refractivity contribution in [3.8, 4) is 5.75 Å². The molecule has 0 aliphatic carbocycles. The zero-order valence-electron chi connectivity index (χ0n) is 21.5. The van der Waals surface area contributed by atoms with Crippen molar-refractivity contribution in [2.45, 2.75) is 58.3 Å². The second kappa shape index (κ2) is 24.0. The first-order valence-electron chi connectivity index (χ1n) is 13.0. The summed E-state index contributed by atoms with van der Waals surface area (Å²) in [6, 6.07) is 8.39. The third kappa shape index (κ3) is 21.3. The van der Waals surface area contributed by atoms with Gasteiger partial charge >= 0.3 is 5.97 Å². The van der Waals surface area contributed by atoms with Crippen LogP contribution in [-0.4, -0.2) is 83.8 Å². The summed E-state index contributed by atoms with van der Waals surface area (Å²) in [6.45, 7) is 7.28. The molecule has 8 heteroatoms. The Kier molecular flexibility index (Phi) is 21.5. The van der Waals surface area contributed by atoms with Crippen molar-refractivity contribution in [2.24, 2.45) is 0 Å². The number of rotatable bonds is 26. The molecular weight excluding hydrogens is 452 g/mol. The van der Waals surface area contributed by atoms with Crippen LogP contribution in [0.25, 0.3) is 0 Å². The van der Waals surface area contributed by atoms with Crippen molar-refractivity contribution >= 4 is 5.97 Å². The Labute approximate surface area is 211 Å². The molecule has 35 heavy (non-hydrogen) atoms. The number of ether oxygens (including phenoxy) is 6. The number of unbranched alkanes of at least 4 members (excludes halogenated alkanes) is 5. The van der Waals surface area contributed by atoms with Crippen LogP contribution in [0.1, 0.15) is 57.4 Å². The molecule has 202 valence electrons. The molecule has 0 atom stereocenters. The Balaban J connectivity index is 1.81. The maximum atomic E-state index is 10.3. The largest absolute Gasteiger partial charge is 0.491 e. The molecule has 0 aliphatic heterocycles. The van der Waals surface area contributed by atoms with Gasteiger partial charge in [0.1, 0.15) is 12.4 Å². The molecule has 0 heterocycles. The van der Waals surface area contributed by atoms with Crippen molar-refractivity contribution in [1.29, 1.82) is 0 Å². The Morgan fingerprint density at radius 1 is 0.629 bits per heavy atom. The van der Waals surface area contributed by atoms with Gasteiger partial charge in [-0.1, -0.05) is 51.2 Å². The first-order chi connectivity index (χ1) is 17.2. The number of carboxylic acid groups (broad SMARTS) is 1. The zero-order valence-corrected chi connectivity index (χ0v) is 21.5. The number of carbonyl (C=O) groups is 1. The van der Waals surface area contributed by atoms with Crippen LogP contribution in [-0.2, 0) is 34.9 Å². The van der Waals surface area contributed by atoms with E-state index in [-0.39, 0.29) is 13.0 Å². The summed E-state index contributed by atoms with van der Waals surface area (Å²) >= 11 is 0. The van der Waals surface area contributed by atoms with Crippen LogP contribution in [0.4, 0.5) is 0 Å². The van der Waals surface area contributed by atoms with Gasteiger partial charge in [0.15, 0.2) is 0 Å². The summed E-state index contributed by atoms with van der Waals surface area (Å²) in [5, 5.41) is 8.47. The Morgan fingerprint density at radius 2 is 1.09 bits per heavy atom. The van der Waals surface area contributed by atoms with E-state index in [0.717, 1.165) is 12.2 Å². The van der Waals surface area contributed by atoms with Crippen molar-refractivity contribution in [3.05, 3.63) is 29.8 Å². The van der Waals surface area contributed by atoms with E-state index in [1.807, 2.05) is 12.1 Å². The lowest BCUT2D eigenvalue weighted by Crippen LogP contribution is -2.14. The van der Waals surface area contributed by atoms with Crippen LogP contribution in [0.2, 0.25) is 0 Å². The van der Waals surface area contributed by atoms with E-state index in [9.17, 15) is 4.79 Å². The third-order valence-corrected chi connectivity index (χ3v) is 5.19. The molecule has 0 amide bonds. The van der Waals surface area contributed by atoms with Crippen LogP contribution in [0.5, 0.6) is 5.75 Å². The van der Waals surface area contributed by atoms with E-state index >= 15 is 0 Å². The van der Waals surface area contributed by atoms with E-state index < -0.39 is 5.97 Å². The van der Waals surface area contributed by atoms with Crippen LogP contribution in [0.3, 0.4) is 0 Å². The number of benzene rings is 1. The van der Waals surface area contributed by atoms with Gasteiger partial charge in [-0.25, -0.2) is 0 Å². The predicted molar refractivity (Wildman–Crippen MR) is 135 cm³/mol. The van der Waals surface area contributed by atoms with Gasteiger partial charge in [-0.2, -0.15) is 0 Å². The highest BCUT2D eigenvalue weighted by Gasteiger charge is 1.99. The molecule has 0 aliphatic rings. The summed E-state index contributed by atoms with van der Waals surface area (Å²) < 4.78 is 32.6. The van der Waals surface area contributed by atoms with Crippen molar-refractivity contribution in [2.75, 3.05) is 72.7 Å². The van der Waals surface area contributed by atoms with Gasteiger partial charge in [-0.15, -0.1) is 0 Å². The molecule has 0 saturated carbocycles. The highest BCUT2D eigenvalue weighted by atomic mass is 16.6. The minimum Gasteiger partial charge on any atom is -0.491 e. The quantitative estimate of drug-likeness (QED) is 0.186. The maximum Gasteiger partial charge on any atom is 0.305 e. The Bertz CT molecular complexity index is 593. The van der Waals surface area contributed by atoms with Crippen LogP contribution in [0, 0.1) is 0 Å². The molecule has 0 radical (unpaired) electrons. The number of aliphatic carboxylic acids is 1. The number of carboxylic acids is 1. The molecule has 1 aromatic rings. The zero-order chi connectivity index (χ0) is 25.2. The second-order valence-corrected chi connectivity index (χ2v) is 8.22. The topological polar surface area (TPSA) is 92.7 Å². The van der Waals surface area contributed by atoms with Gasteiger partial charge in [-0.05, 0) is 30.5 Å². The fraction of sp³-hybridized carbons (Fsp3) is 0.741. The van der Waals surface area contributed by atoms with Gasteiger partial charge < -0.3 is 33.5 Å². The average molecular weight is 499 g/mol. The first-order valence-corrected chi connectivity index (χ1v) is 13.0. The standard InChI is InChI=1S/C27H46O8/c1-2-3-4-5-6-7-8-25-9-11-26(12-10-25)35-24-23-34-22-21-33-20-19-32-18-17-31-16-15-30-14-13-27(28)29/h9-12H,2-8,13-24H2,1H3,(H,28,29). The number of hydrogen-bond acceptors (Lipinski definition) is 7. The molecule has 1 rings (SSSR count). The fourth-order valence-corrected chi connectivity index (χ4v) is 3.22. The van der Waals surface area contributed by atoms with Gasteiger partial charge in [0.25, 0.3) is 0 Å². The van der Waals surface area contributed by atoms with Crippen LogP contribution in [0.15, 0.2) is 24.3 Å². The minimum absolute atomic E-state index is 0.00967. The minimum atomic E-state index is -0.864. The van der Waals surface area contributed by atoms with Gasteiger partial charge in [0, 0.05) is 0 Å². The number of aryl methyl sites for hydroxylation is 1. The van der Waals surface area contributed by atoms with E-state index in [0.29, 0.717) is 66.1 Å². The molecule has 0 unspecified atom stereocenters. The van der Waals surface area contributed by atoms with E-state index in [2.05, 4.69) is 19.1 Å². The van der Waals surface area contributed by atoms with E-state index in [4.69, 9.17) is 33.5 Å². The van der Waals surface area contributed by atoms with Gasteiger partial charge in [0.2, 0.25) is 0 Å². The summed E-state index contributed by atoms with van der Waals surface area (Å²) in [5.41, 5.74) is 1.37. The molecule has 0 saturated heterocycles. The Morgan fingerprint density at radius 3 is 1.60 bits per heavy atom. The average Bonchev–Trinajstić information content (AvgIpc) is 2.86. The molecule has 0 spiro atoms. The summed E-state index contributed by atoms with van der Waals surface area (Å²) in [4.78, 5) is 10.3. The normalized spacial score (nSPS) is 11.1. The fourth-order valence-electron chi connectivity index (χ4n) is 3.22. The molecule has 1 N–H and O–H groups in total. The molecule has 0 bridgehead atoms. The third-order valence-electron chi connectivity index (χ3n) is 5.19. The van der Waals surface area contributed by atoms with Crippen LogP contribution < -0.4 is 4.74 Å². The van der Waals surface area contributed by atoms with Gasteiger partial charge in [0.05, 0.1) is 72.5 Å². The maximum absolute atomic E-state index is 10.3.